The summed E-state index contributed by atoms with van der Waals surface area (Å²) in [4.78, 5) is 4.64. The van der Waals surface area contributed by atoms with Gasteiger partial charge in [0.25, 0.3) is 0 Å². The number of nitrogens with two attached hydrogens (primary N) is 1. The molecule has 0 spiro atoms. The number of nitrogens with zero attached hydrogens (tertiary/aromatic N) is 2. The van der Waals surface area contributed by atoms with Gasteiger partial charge in [0.05, 0.1) is 6.04 Å². The maximum absolute atomic E-state index is 6.20. The Morgan fingerprint density at radius 3 is 2.32 bits per heavy atom. The van der Waals surface area contributed by atoms with Crippen LogP contribution >= 0.6 is 0 Å². The molecule has 2 N–H and O–H groups in total. The molecular weight excluding hydrogens is 238 g/mol. The highest BCUT2D eigenvalue weighted by molar-refractivity contribution is 5.12. The molecule has 110 valence electrons. The van der Waals surface area contributed by atoms with Crippen LogP contribution in [0.25, 0.3) is 0 Å². The molecule has 2 atom stereocenters. The molecule has 0 aliphatic carbocycles. The molecule has 0 fully saturated rings. The summed E-state index contributed by atoms with van der Waals surface area (Å²) in [6.07, 6.45) is 1.12. The van der Waals surface area contributed by atoms with Crippen LogP contribution in [0.4, 0.5) is 0 Å². The number of aryl methyl sites for hydroxylation is 1. The molecule has 0 radical (unpaired) electrons. The highest BCUT2D eigenvalue weighted by atomic mass is 16.3. The molecule has 4 heteroatoms. The molecule has 19 heavy (non-hydrogen) atoms. The average molecular weight is 267 g/mol. The molecular formula is C15H29N3O. The minimum absolute atomic E-state index is 0.0549. The van der Waals surface area contributed by atoms with Gasteiger partial charge in [-0.2, -0.15) is 0 Å². The lowest BCUT2D eigenvalue weighted by molar-refractivity contribution is 0.141. The van der Waals surface area contributed by atoms with Gasteiger partial charge in [-0.1, -0.05) is 6.92 Å². The van der Waals surface area contributed by atoms with Crippen LogP contribution in [0.15, 0.2) is 16.5 Å². The first-order valence-electron chi connectivity index (χ1n) is 7.16. The Bertz CT molecular complexity index is 360. The van der Waals surface area contributed by atoms with Gasteiger partial charge in [-0.25, -0.2) is 0 Å². The second-order valence-electron chi connectivity index (χ2n) is 5.59. The lowest BCUT2D eigenvalue weighted by Crippen LogP contribution is -2.42. The molecule has 0 bridgehead atoms. The van der Waals surface area contributed by atoms with E-state index in [1.54, 1.807) is 0 Å². The summed E-state index contributed by atoms with van der Waals surface area (Å²) in [5.41, 5.74) is 6.20. The number of furan rings is 1. The Kier molecular flexibility index (Phi) is 6.55. The van der Waals surface area contributed by atoms with E-state index in [0.717, 1.165) is 37.6 Å². The summed E-state index contributed by atoms with van der Waals surface area (Å²) in [6.45, 7) is 9.32. The van der Waals surface area contributed by atoms with Gasteiger partial charge in [0.2, 0.25) is 0 Å². The summed E-state index contributed by atoms with van der Waals surface area (Å²) in [5, 5.41) is 0. The minimum Gasteiger partial charge on any atom is -0.465 e. The van der Waals surface area contributed by atoms with Crippen LogP contribution in [0.3, 0.4) is 0 Å². The highest BCUT2D eigenvalue weighted by Crippen LogP contribution is 2.25. The van der Waals surface area contributed by atoms with E-state index in [2.05, 4.69) is 43.8 Å². The van der Waals surface area contributed by atoms with Crippen LogP contribution in [0.5, 0.6) is 0 Å². The average Bonchev–Trinajstić information content (AvgIpc) is 2.72. The lowest BCUT2D eigenvalue weighted by atomic mass is 10.1. The van der Waals surface area contributed by atoms with Crippen LogP contribution in [0.1, 0.15) is 37.8 Å². The van der Waals surface area contributed by atoms with Gasteiger partial charge in [-0.05, 0) is 53.0 Å². The van der Waals surface area contributed by atoms with Crippen LogP contribution in [-0.2, 0) is 0 Å². The predicted octanol–water partition coefficient (Wildman–Crippen LogP) is 2.25. The van der Waals surface area contributed by atoms with Crippen molar-refractivity contribution < 1.29 is 4.42 Å². The monoisotopic (exact) mass is 267 g/mol. The van der Waals surface area contributed by atoms with Crippen LogP contribution in [0.2, 0.25) is 0 Å². The Labute approximate surface area is 117 Å². The van der Waals surface area contributed by atoms with Gasteiger partial charge >= 0.3 is 0 Å². The summed E-state index contributed by atoms with van der Waals surface area (Å²) < 4.78 is 5.81. The molecule has 0 saturated heterocycles. The standard InChI is InChI=1S/C15H29N3O/c1-6-9-18(11-10-17(4)5)15(13(3)16)14-8-7-12(2)19-14/h7-8,13,15H,6,9-11,16H2,1-5H3. The van der Waals surface area contributed by atoms with Gasteiger partial charge in [0.1, 0.15) is 11.5 Å². The first kappa shape index (κ1) is 16.2. The van der Waals surface area contributed by atoms with Crippen molar-refractivity contribution in [3.8, 4) is 0 Å². The zero-order chi connectivity index (χ0) is 14.4. The minimum atomic E-state index is 0.0549. The van der Waals surface area contributed by atoms with E-state index in [1.165, 1.54) is 0 Å². The van der Waals surface area contributed by atoms with E-state index in [1.807, 2.05) is 13.0 Å². The van der Waals surface area contributed by atoms with Crippen molar-refractivity contribution in [1.82, 2.24) is 9.80 Å². The van der Waals surface area contributed by atoms with Gasteiger partial charge in [0.15, 0.2) is 0 Å². The topological polar surface area (TPSA) is 45.6 Å². The van der Waals surface area contributed by atoms with Gasteiger partial charge in [-0.3, -0.25) is 4.90 Å². The van der Waals surface area contributed by atoms with E-state index >= 15 is 0 Å². The Hall–Kier alpha value is -0.840. The normalized spacial score (nSPS) is 15.2. The largest absolute Gasteiger partial charge is 0.465 e. The summed E-state index contributed by atoms with van der Waals surface area (Å²) in [5.74, 6) is 1.93. The maximum atomic E-state index is 6.20. The smallest absolute Gasteiger partial charge is 0.122 e. The van der Waals surface area contributed by atoms with Crippen LogP contribution < -0.4 is 5.73 Å². The van der Waals surface area contributed by atoms with E-state index in [-0.39, 0.29) is 12.1 Å². The molecule has 1 aromatic rings. The Morgan fingerprint density at radius 1 is 1.21 bits per heavy atom. The molecule has 1 heterocycles. The fraction of sp³-hybridized carbons (Fsp3) is 0.733. The van der Waals surface area contributed by atoms with Crippen LogP contribution in [-0.4, -0.2) is 49.6 Å². The third-order valence-electron chi connectivity index (χ3n) is 3.29. The lowest BCUT2D eigenvalue weighted by Gasteiger charge is -2.33. The first-order valence-corrected chi connectivity index (χ1v) is 7.16. The van der Waals surface area contributed by atoms with E-state index in [4.69, 9.17) is 10.2 Å². The molecule has 0 aromatic carbocycles. The molecule has 2 unspecified atom stereocenters. The Morgan fingerprint density at radius 2 is 1.89 bits per heavy atom. The number of rotatable bonds is 8. The number of hydrogen-bond donors (Lipinski definition) is 1. The zero-order valence-electron chi connectivity index (χ0n) is 13.0. The Balaban J connectivity index is 2.85. The van der Waals surface area contributed by atoms with Crippen molar-refractivity contribution in [1.29, 1.82) is 0 Å². The zero-order valence-corrected chi connectivity index (χ0v) is 13.0. The molecule has 0 aliphatic rings. The maximum Gasteiger partial charge on any atom is 0.122 e. The predicted molar refractivity (Wildman–Crippen MR) is 80.3 cm³/mol. The van der Waals surface area contributed by atoms with Crippen molar-refractivity contribution >= 4 is 0 Å². The fourth-order valence-electron chi connectivity index (χ4n) is 2.39. The summed E-state index contributed by atoms with van der Waals surface area (Å²) in [7, 11) is 4.20. The molecule has 0 saturated carbocycles. The van der Waals surface area contributed by atoms with E-state index < -0.39 is 0 Å². The number of likely N-dealkylation sites (N-methyl/N-ethyl adjacent to an activating group) is 1. The van der Waals surface area contributed by atoms with E-state index in [9.17, 15) is 0 Å². The summed E-state index contributed by atoms with van der Waals surface area (Å²) >= 11 is 0. The molecule has 1 aromatic heterocycles. The third kappa shape index (κ3) is 4.97. The van der Waals surface area contributed by atoms with E-state index in [0.29, 0.717) is 0 Å². The van der Waals surface area contributed by atoms with Crippen molar-refractivity contribution in [3.05, 3.63) is 23.7 Å². The van der Waals surface area contributed by atoms with Gasteiger partial charge in [-0.15, -0.1) is 0 Å². The second-order valence-corrected chi connectivity index (χ2v) is 5.59. The summed E-state index contributed by atoms with van der Waals surface area (Å²) in [6, 6.07) is 4.29. The quantitative estimate of drug-likeness (QED) is 0.784. The first-order chi connectivity index (χ1) is 8.95. The van der Waals surface area contributed by atoms with Gasteiger partial charge < -0.3 is 15.1 Å². The van der Waals surface area contributed by atoms with Crippen molar-refractivity contribution in [2.24, 2.45) is 5.73 Å². The molecule has 0 aliphatic heterocycles. The van der Waals surface area contributed by atoms with Crippen molar-refractivity contribution in [2.45, 2.75) is 39.3 Å². The molecule has 4 nitrogen and oxygen atoms in total. The van der Waals surface area contributed by atoms with Crippen molar-refractivity contribution in [3.63, 3.8) is 0 Å². The van der Waals surface area contributed by atoms with Gasteiger partial charge in [0, 0.05) is 19.1 Å². The third-order valence-corrected chi connectivity index (χ3v) is 3.29. The SMILES string of the molecule is CCCN(CCN(C)C)C(c1ccc(C)o1)C(C)N. The number of hydrogen-bond acceptors (Lipinski definition) is 4. The van der Waals surface area contributed by atoms with Crippen molar-refractivity contribution in [2.75, 3.05) is 33.7 Å². The molecule has 0 amide bonds. The van der Waals surface area contributed by atoms with Crippen LogP contribution in [0, 0.1) is 6.92 Å². The fourth-order valence-corrected chi connectivity index (χ4v) is 2.39. The highest BCUT2D eigenvalue weighted by Gasteiger charge is 2.26. The second kappa shape index (κ2) is 7.68. The molecule has 1 rings (SSSR count).